The molecule has 1 unspecified atom stereocenters. The fourth-order valence-electron chi connectivity index (χ4n) is 1.66. The highest BCUT2D eigenvalue weighted by molar-refractivity contribution is 8.15. The number of benzene rings is 1. The number of anilines is 2. The van der Waals surface area contributed by atoms with Crippen LogP contribution in [-0.2, 0) is 4.79 Å². The number of carbonyl (C=O) groups excluding carboxylic acids is 1. The second-order valence-corrected chi connectivity index (χ2v) is 5.47. The van der Waals surface area contributed by atoms with Gasteiger partial charge in [0.1, 0.15) is 0 Å². The zero-order chi connectivity index (χ0) is 13.0. The van der Waals surface area contributed by atoms with E-state index in [0.29, 0.717) is 5.25 Å². The third kappa shape index (κ3) is 3.50. The number of amidine groups is 1. The minimum Gasteiger partial charge on any atom is -0.335 e. The van der Waals surface area contributed by atoms with Crippen molar-refractivity contribution in [3.8, 4) is 0 Å². The van der Waals surface area contributed by atoms with Crippen molar-refractivity contribution in [1.29, 1.82) is 0 Å². The summed E-state index contributed by atoms with van der Waals surface area (Å²) in [6.07, 6.45) is 1.14. The number of rotatable bonds is 3. The first-order chi connectivity index (χ1) is 8.67. The average Bonchev–Trinajstić information content (AvgIpc) is 2.79. The van der Waals surface area contributed by atoms with E-state index < -0.39 is 0 Å². The standard InChI is InChI=1S/C13H17N3OS/c1-3-12-8-14-13(18-12)16-11-6-4-10(5-7-11)15-9(2)17/h4-7,12H,3,8H2,1-2H3,(H,14,16)(H,15,17). The Labute approximate surface area is 111 Å². The van der Waals surface area contributed by atoms with Gasteiger partial charge in [-0.05, 0) is 30.7 Å². The second kappa shape index (κ2) is 5.91. The second-order valence-electron chi connectivity index (χ2n) is 4.18. The van der Waals surface area contributed by atoms with Crippen LogP contribution in [0.15, 0.2) is 29.3 Å². The van der Waals surface area contributed by atoms with E-state index in [1.54, 1.807) is 11.8 Å². The van der Waals surface area contributed by atoms with Crippen LogP contribution < -0.4 is 10.6 Å². The van der Waals surface area contributed by atoms with Gasteiger partial charge in [-0.1, -0.05) is 18.7 Å². The number of nitrogens with zero attached hydrogens (tertiary/aromatic N) is 1. The lowest BCUT2D eigenvalue weighted by molar-refractivity contribution is -0.114. The molecule has 0 bridgehead atoms. The van der Waals surface area contributed by atoms with Gasteiger partial charge in [0.25, 0.3) is 0 Å². The number of hydrogen-bond donors (Lipinski definition) is 2. The number of amides is 1. The van der Waals surface area contributed by atoms with Crippen molar-refractivity contribution in [3.63, 3.8) is 0 Å². The van der Waals surface area contributed by atoms with Crippen molar-refractivity contribution in [2.75, 3.05) is 17.2 Å². The predicted molar refractivity (Wildman–Crippen MR) is 78.3 cm³/mol. The summed E-state index contributed by atoms with van der Waals surface area (Å²) in [4.78, 5) is 15.3. The zero-order valence-electron chi connectivity index (χ0n) is 10.6. The minimum atomic E-state index is -0.0581. The molecule has 0 aromatic heterocycles. The normalized spacial score (nSPS) is 18.3. The molecule has 1 atom stereocenters. The van der Waals surface area contributed by atoms with Gasteiger partial charge in [-0.25, -0.2) is 0 Å². The van der Waals surface area contributed by atoms with Crippen LogP contribution in [0.4, 0.5) is 11.4 Å². The molecule has 96 valence electrons. The molecule has 1 heterocycles. The summed E-state index contributed by atoms with van der Waals surface area (Å²) in [6, 6.07) is 7.63. The molecule has 1 aliphatic rings. The van der Waals surface area contributed by atoms with E-state index in [1.165, 1.54) is 6.92 Å². The van der Waals surface area contributed by atoms with E-state index in [0.717, 1.165) is 29.5 Å². The van der Waals surface area contributed by atoms with Gasteiger partial charge in [-0.2, -0.15) is 0 Å². The number of hydrogen-bond acceptors (Lipinski definition) is 4. The first kappa shape index (κ1) is 13.0. The molecule has 5 heteroatoms. The van der Waals surface area contributed by atoms with Crippen LogP contribution in [0.3, 0.4) is 0 Å². The Kier molecular flexibility index (Phi) is 4.25. The Hall–Kier alpha value is -1.49. The van der Waals surface area contributed by atoms with Gasteiger partial charge in [0.2, 0.25) is 5.91 Å². The number of carbonyl (C=O) groups is 1. The molecule has 0 aliphatic carbocycles. The molecule has 0 fully saturated rings. The Morgan fingerprint density at radius 1 is 1.39 bits per heavy atom. The first-order valence-corrected chi connectivity index (χ1v) is 6.91. The smallest absolute Gasteiger partial charge is 0.221 e. The van der Waals surface area contributed by atoms with Crippen molar-refractivity contribution >= 4 is 34.2 Å². The molecule has 0 spiro atoms. The summed E-state index contributed by atoms with van der Waals surface area (Å²) in [6.45, 7) is 4.58. The monoisotopic (exact) mass is 263 g/mol. The summed E-state index contributed by atoms with van der Waals surface area (Å²) in [7, 11) is 0. The van der Waals surface area contributed by atoms with Gasteiger partial charge in [0, 0.05) is 23.5 Å². The average molecular weight is 263 g/mol. The molecule has 18 heavy (non-hydrogen) atoms. The molecule has 2 N–H and O–H groups in total. The zero-order valence-corrected chi connectivity index (χ0v) is 11.4. The number of thioether (sulfide) groups is 1. The Morgan fingerprint density at radius 2 is 2.06 bits per heavy atom. The summed E-state index contributed by atoms with van der Waals surface area (Å²) in [5.74, 6) is -0.0581. The highest BCUT2D eigenvalue weighted by atomic mass is 32.2. The van der Waals surface area contributed by atoms with Crippen LogP contribution in [0.1, 0.15) is 20.3 Å². The molecule has 1 aliphatic heterocycles. The molecule has 1 amide bonds. The highest BCUT2D eigenvalue weighted by Crippen LogP contribution is 2.25. The molecule has 0 saturated carbocycles. The van der Waals surface area contributed by atoms with E-state index in [9.17, 15) is 4.79 Å². The van der Waals surface area contributed by atoms with Crippen LogP contribution in [0.25, 0.3) is 0 Å². The maximum Gasteiger partial charge on any atom is 0.221 e. The highest BCUT2D eigenvalue weighted by Gasteiger charge is 2.17. The van der Waals surface area contributed by atoms with E-state index in [-0.39, 0.29) is 5.91 Å². The summed E-state index contributed by atoms with van der Waals surface area (Å²) in [5.41, 5.74) is 1.80. The van der Waals surface area contributed by atoms with E-state index in [1.807, 2.05) is 24.3 Å². The topological polar surface area (TPSA) is 53.5 Å². The molecule has 1 aromatic carbocycles. The van der Waals surface area contributed by atoms with Crippen molar-refractivity contribution < 1.29 is 4.79 Å². The Balaban J connectivity index is 1.93. The maximum atomic E-state index is 10.9. The van der Waals surface area contributed by atoms with Crippen molar-refractivity contribution in [1.82, 2.24) is 0 Å². The van der Waals surface area contributed by atoms with Crippen molar-refractivity contribution in [2.45, 2.75) is 25.5 Å². The van der Waals surface area contributed by atoms with Crippen molar-refractivity contribution in [3.05, 3.63) is 24.3 Å². The van der Waals surface area contributed by atoms with Crippen LogP contribution in [-0.4, -0.2) is 22.9 Å². The minimum absolute atomic E-state index is 0.0581. The third-order valence-electron chi connectivity index (χ3n) is 2.63. The van der Waals surface area contributed by atoms with E-state index in [4.69, 9.17) is 0 Å². The largest absolute Gasteiger partial charge is 0.335 e. The molecule has 1 aromatic rings. The lowest BCUT2D eigenvalue weighted by Gasteiger charge is -2.08. The number of nitrogens with one attached hydrogen (secondary N) is 2. The molecular weight excluding hydrogens is 246 g/mol. The van der Waals surface area contributed by atoms with Gasteiger partial charge in [0.15, 0.2) is 5.17 Å². The Bertz CT molecular complexity index is 456. The predicted octanol–water partition coefficient (Wildman–Crippen LogP) is 2.94. The maximum absolute atomic E-state index is 10.9. The van der Waals surface area contributed by atoms with Crippen LogP contribution in [0.2, 0.25) is 0 Å². The van der Waals surface area contributed by atoms with Gasteiger partial charge in [0.05, 0.1) is 6.54 Å². The fourth-order valence-corrected chi connectivity index (χ4v) is 2.62. The van der Waals surface area contributed by atoms with Crippen molar-refractivity contribution in [2.24, 2.45) is 4.99 Å². The van der Waals surface area contributed by atoms with Gasteiger partial charge in [-0.3, -0.25) is 9.79 Å². The molecule has 4 nitrogen and oxygen atoms in total. The Morgan fingerprint density at radius 3 is 2.61 bits per heavy atom. The summed E-state index contributed by atoms with van der Waals surface area (Å²) < 4.78 is 0. The third-order valence-corrected chi connectivity index (χ3v) is 3.90. The van der Waals surface area contributed by atoms with Gasteiger partial charge >= 0.3 is 0 Å². The molecule has 2 rings (SSSR count). The SMILES string of the molecule is CCC1CN=C(Nc2ccc(NC(C)=O)cc2)S1. The van der Waals surface area contributed by atoms with Crippen LogP contribution >= 0.6 is 11.8 Å². The van der Waals surface area contributed by atoms with Crippen LogP contribution in [0.5, 0.6) is 0 Å². The lowest BCUT2D eigenvalue weighted by Crippen LogP contribution is -2.08. The summed E-state index contributed by atoms with van der Waals surface area (Å²) >= 11 is 1.79. The lowest BCUT2D eigenvalue weighted by atomic mass is 10.3. The fraction of sp³-hybridized carbons (Fsp3) is 0.385. The molecule has 0 saturated heterocycles. The number of aliphatic imine (C=N–C) groups is 1. The molecule has 0 radical (unpaired) electrons. The van der Waals surface area contributed by atoms with Gasteiger partial charge < -0.3 is 10.6 Å². The van der Waals surface area contributed by atoms with Crippen LogP contribution in [0, 0.1) is 0 Å². The molecular formula is C13H17N3OS. The van der Waals surface area contributed by atoms with Gasteiger partial charge in [-0.15, -0.1) is 0 Å². The first-order valence-electron chi connectivity index (χ1n) is 6.03. The summed E-state index contributed by atoms with van der Waals surface area (Å²) in [5, 5.41) is 7.61. The van der Waals surface area contributed by atoms with E-state index in [2.05, 4.69) is 22.5 Å². The van der Waals surface area contributed by atoms with E-state index >= 15 is 0 Å². The quantitative estimate of drug-likeness (QED) is 0.881.